The molecule has 2 saturated heterocycles. The lowest BCUT2D eigenvalue weighted by atomic mass is 9.95. The van der Waals surface area contributed by atoms with E-state index in [4.69, 9.17) is 9.73 Å². The van der Waals surface area contributed by atoms with Crippen LogP contribution < -0.4 is 10.6 Å². The summed E-state index contributed by atoms with van der Waals surface area (Å²) in [7, 11) is 0. The minimum Gasteiger partial charge on any atom is -0.373 e. The molecule has 3 aliphatic rings. The van der Waals surface area contributed by atoms with Crippen LogP contribution in [-0.4, -0.2) is 37.3 Å². The van der Waals surface area contributed by atoms with Gasteiger partial charge in [-0.25, -0.2) is 0 Å². The Labute approximate surface area is 161 Å². The van der Waals surface area contributed by atoms with Gasteiger partial charge in [-0.05, 0) is 44.6 Å². The first-order chi connectivity index (χ1) is 11.3. The Morgan fingerprint density at radius 3 is 2.62 bits per heavy atom. The van der Waals surface area contributed by atoms with Crippen molar-refractivity contribution in [1.29, 1.82) is 0 Å². The van der Waals surface area contributed by atoms with Crippen LogP contribution in [0.3, 0.4) is 0 Å². The first kappa shape index (κ1) is 18.0. The van der Waals surface area contributed by atoms with Crippen molar-refractivity contribution in [1.82, 2.24) is 10.6 Å². The maximum Gasteiger partial charge on any atom is 0.191 e. The Hall–Kier alpha value is -0.820. The van der Waals surface area contributed by atoms with Gasteiger partial charge in [-0.2, -0.15) is 0 Å². The van der Waals surface area contributed by atoms with Gasteiger partial charge in [-0.1, -0.05) is 30.3 Å². The number of hydrogen-bond donors (Lipinski definition) is 2. The van der Waals surface area contributed by atoms with Crippen LogP contribution >= 0.6 is 24.0 Å². The summed E-state index contributed by atoms with van der Waals surface area (Å²) in [6.45, 7) is 3.89. The fraction of sp³-hybridized carbons (Fsp3) is 0.632. The van der Waals surface area contributed by atoms with Crippen molar-refractivity contribution in [2.24, 2.45) is 4.99 Å². The Morgan fingerprint density at radius 2 is 2.04 bits per heavy atom. The largest absolute Gasteiger partial charge is 0.373 e. The van der Waals surface area contributed by atoms with Gasteiger partial charge >= 0.3 is 0 Å². The van der Waals surface area contributed by atoms with Gasteiger partial charge in [0, 0.05) is 12.0 Å². The molecule has 1 saturated carbocycles. The predicted octanol–water partition coefficient (Wildman–Crippen LogP) is 3.21. The second-order valence-electron chi connectivity index (χ2n) is 7.20. The van der Waals surface area contributed by atoms with Crippen LogP contribution in [0.1, 0.15) is 44.6 Å². The zero-order valence-corrected chi connectivity index (χ0v) is 16.7. The van der Waals surface area contributed by atoms with E-state index in [0.29, 0.717) is 18.2 Å². The van der Waals surface area contributed by atoms with Crippen LogP contribution in [-0.2, 0) is 10.2 Å². The quantitative estimate of drug-likeness (QED) is 0.419. The third-order valence-electron chi connectivity index (χ3n) is 5.55. The predicted molar refractivity (Wildman–Crippen MR) is 108 cm³/mol. The number of fused-ring (bicyclic) bond motifs is 2. The van der Waals surface area contributed by atoms with Crippen molar-refractivity contribution in [3.63, 3.8) is 0 Å². The molecule has 0 amide bonds. The monoisotopic (exact) mass is 441 g/mol. The minimum atomic E-state index is 0. The lowest BCUT2D eigenvalue weighted by Crippen LogP contribution is -2.47. The molecular weight excluding hydrogens is 413 g/mol. The van der Waals surface area contributed by atoms with Gasteiger partial charge in [0.25, 0.3) is 0 Å². The van der Waals surface area contributed by atoms with E-state index >= 15 is 0 Å². The number of nitrogens with one attached hydrogen (secondary N) is 2. The Morgan fingerprint density at radius 1 is 1.25 bits per heavy atom. The topological polar surface area (TPSA) is 45.7 Å². The molecule has 3 fully saturated rings. The van der Waals surface area contributed by atoms with Gasteiger partial charge in [-0.15, -0.1) is 24.0 Å². The van der Waals surface area contributed by atoms with Crippen molar-refractivity contribution in [2.75, 3.05) is 13.1 Å². The normalized spacial score (nSPS) is 29.9. The van der Waals surface area contributed by atoms with Crippen molar-refractivity contribution in [3.8, 4) is 0 Å². The van der Waals surface area contributed by atoms with Gasteiger partial charge in [0.2, 0.25) is 0 Å². The summed E-state index contributed by atoms with van der Waals surface area (Å²) in [5.41, 5.74) is 1.71. The molecule has 24 heavy (non-hydrogen) atoms. The van der Waals surface area contributed by atoms with Crippen LogP contribution in [0, 0.1) is 0 Å². The maximum atomic E-state index is 5.95. The number of rotatable bonds is 5. The fourth-order valence-corrected chi connectivity index (χ4v) is 4.00. The van der Waals surface area contributed by atoms with Crippen LogP contribution in [0.5, 0.6) is 0 Å². The molecule has 5 heteroatoms. The van der Waals surface area contributed by atoms with Crippen molar-refractivity contribution >= 4 is 29.9 Å². The standard InChI is InChI=1S/C19H27N3O.HI/c1-2-20-18(22-16-12-15-8-9-17(16)23-15)21-13-19(10-11-19)14-6-4-3-5-7-14;/h3-7,15-17H,2,8-13H2,1H3,(H2,20,21,22);1H. The van der Waals surface area contributed by atoms with Crippen molar-refractivity contribution < 1.29 is 4.74 Å². The lowest BCUT2D eigenvalue weighted by molar-refractivity contribution is 0.0992. The van der Waals surface area contributed by atoms with Crippen LogP contribution in [0.25, 0.3) is 0 Å². The number of guanidine groups is 1. The molecule has 2 heterocycles. The average Bonchev–Trinajstić information content (AvgIpc) is 3.09. The number of benzene rings is 1. The molecule has 1 aliphatic carbocycles. The highest BCUT2D eigenvalue weighted by Gasteiger charge is 2.44. The van der Waals surface area contributed by atoms with Crippen molar-refractivity contribution in [2.45, 2.75) is 62.7 Å². The van der Waals surface area contributed by atoms with Gasteiger partial charge in [0.1, 0.15) is 0 Å². The van der Waals surface area contributed by atoms with E-state index in [9.17, 15) is 0 Å². The van der Waals surface area contributed by atoms with E-state index in [1.807, 2.05) is 0 Å². The van der Waals surface area contributed by atoms with Crippen LogP contribution in [0.4, 0.5) is 0 Å². The number of nitrogens with zero attached hydrogens (tertiary/aromatic N) is 1. The van der Waals surface area contributed by atoms with E-state index < -0.39 is 0 Å². The highest BCUT2D eigenvalue weighted by molar-refractivity contribution is 14.0. The Bertz CT molecular complexity index is 573. The summed E-state index contributed by atoms with van der Waals surface area (Å²) in [5, 5.41) is 7.02. The minimum absolute atomic E-state index is 0. The summed E-state index contributed by atoms with van der Waals surface area (Å²) in [6, 6.07) is 11.3. The van der Waals surface area contributed by atoms with Gasteiger partial charge in [0.05, 0.1) is 24.8 Å². The summed E-state index contributed by atoms with van der Waals surface area (Å²) >= 11 is 0. The molecule has 0 radical (unpaired) electrons. The molecule has 3 unspecified atom stereocenters. The second-order valence-corrected chi connectivity index (χ2v) is 7.20. The first-order valence-electron chi connectivity index (χ1n) is 9.05. The van der Waals surface area contributed by atoms with E-state index in [2.05, 4.69) is 47.9 Å². The Kier molecular flexibility index (Phi) is 5.70. The zero-order chi connectivity index (χ0) is 15.7. The molecule has 4 nitrogen and oxygen atoms in total. The highest BCUT2D eigenvalue weighted by Crippen LogP contribution is 2.48. The summed E-state index contributed by atoms with van der Waals surface area (Å²) in [4.78, 5) is 4.91. The van der Waals surface area contributed by atoms with E-state index in [-0.39, 0.29) is 29.4 Å². The fourth-order valence-electron chi connectivity index (χ4n) is 4.00. The lowest BCUT2D eigenvalue weighted by Gasteiger charge is -2.23. The number of ether oxygens (including phenoxy) is 1. The average molecular weight is 441 g/mol. The maximum absolute atomic E-state index is 5.95. The van der Waals surface area contributed by atoms with Crippen LogP contribution in [0.15, 0.2) is 35.3 Å². The second kappa shape index (κ2) is 7.60. The smallest absolute Gasteiger partial charge is 0.191 e. The molecule has 2 N–H and O–H groups in total. The number of hydrogen-bond acceptors (Lipinski definition) is 2. The summed E-state index contributed by atoms with van der Waals surface area (Å²) < 4.78 is 5.95. The molecule has 1 aromatic carbocycles. The molecule has 4 rings (SSSR count). The molecule has 2 bridgehead atoms. The third kappa shape index (κ3) is 3.72. The van der Waals surface area contributed by atoms with Gasteiger partial charge in [-0.3, -0.25) is 4.99 Å². The molecule has 132 valence electrons. The molecule has 1 aromatic rings. The van der Waals surface area contributed by atoms with E-state index in [1.165, 1.54) is 31.2 Å². The molecule has 3 atom stereocenters. The third-order valence-corrected chi connectivity index (χ3v) is 5.55. The molecule has 0 aromatic heterocycles. The summed E-state index contributed by atoms with van der Waals surface area (Å²) in [6.07, 6.45) is 6.89. The molecular formula is C19H28IN3O. The van der Waals surface area contributed by atoms with E-state index in [0.717, 1.165) is 25.5 Å². The highest BCUT2D eigenvalue weighted by atomic mass is 127. The molecule has 2 aliphatic heterocycles. The van der Waals surface area contributed by atoms with Gasteiger partial charge in [0.15, 0.2) is 5.96 Å². The zero-order valence-electron chi connectivity index (χ0n) is 14.3. The summed E-state index contributed by atoms with van der Waals surface area (Å²) in [5.74, 6) is 0.954. The SMILES string of the molecule is CCNC(=NCC1(c2ccccc2)CC1)NC1CC2CCC1O2.I. The Balaban J connectivity index is 0.00000169. The van der Waals surface area contributed by atoms with Crippen molar-refractivity contribution in [3.05, 3.63) is 35.9 Å². The van der Waals surface area contributed by atoms with E-state index in [1.54, 1.807) is 0 Å². The first-order valence-corrected chi connectivity index (χ1v) is 9.05. The van der Waals surface area contributed by atoms with Crippen LogP contribution in [0.2, 0.25) is 0 Å². The number of halogens is 1. The van der Waals surface area contributed by atoms with Gasteiger partial charge < -0.3 is 15.4 Å². The molecule has 0 spiro atoms. The number of aliphatic imine (C=N–C) groups is 1.